The van der Waals surface area contributed by atoms with Crippen LogP contribution in [0.2, 0.25) is 0 Å². The van der Waals surface area contributed by atoms with Crippen molar-refractivity contribution in [2.24, 2.45) is 0 Å². The molecule has 0 N–H and O–H groups in total. The molecule has 0 saturated carbocycles. The number of alkyl halides is 1. The maximum atomic E-state index is 11.8. The van der Waals surface area contributed by atoms with Crippen LogP contribution >= 0.6 is 11.8 Å². The van der Waals surface area contributed by atoms with Gasteiger partial charge >= 0.3 is 0 Å². The molecule has 0 atom stereocenters. The Labute approximate surface area is 81.3 Å². The van der Waals surface area contributed by atoms with Crippen LogP contribution in [-0.2, 0) is 0 Å². The third-order valence-corrected chi connectivity index (χ3v) is 2.66. The second kappa shape index (κ2) is 5.75. The fourth-order valence-corrected chi connectivity index (χ4v) is 1.70. The van der Waals surface area contributed by atoms with E-state index in [1.54, 1.807) is 23.9 Å². The first-order valence-electron chi connectivity index (χ1n) is 4.11. The predicted octanol–water partition coefficient (Wildman–Crippen LogP) is 2.95. The Morgan fingerprint density at radius 3 is 2.54 bits per heavy atom. The van der Waals surface area contributed by atoms with Gasteiger partial charge in [-0.25, -0.2) is 0 Å². The van der Waals surface area contributed by atoms with E-state index in [-0.39, 0.29) is 6.67 Å². The smallest absolute Gasteiger partial charge is 0.150 e. The number of carbonyl (C=O) groups is 1. The normalized spacial score (nSPS) is 9.92. The standard InChI is InChI=1S/C10H11FOS/c11-6-1-7-13-10-4-2-9(8-12)3-5-10/h2-5,8H,1,6-7H2. The maximum absolute atomic E-state index is 11.8. The largest absolute Gasteiger partial charge is 0.298 e. The van der Waals surface area contributed by atoms with E-state index >= 15 is 0 Å². The van der Waals surface area contributed by atoms with Gasteiger partial charge in [-0.2, -0.15) is 0 Å². The van der Waals surface area contributed by atoms with Crippen molar-refractivity contribution < 1.29 is 9.18 Å². The number of hydrogen-bond acceptors (Lipinski definition) is 2. The number of hydrogen-bond donors (Lipinski definition) is 0. The SMILES string of the molecule is O=Cc1ccc(SCCCF)cc1. The van der Waals surface area contributed by atoms with Crippen molar-refractivity contribution in [1.82, 2.24) is 0 Å². The molecule has 1 rings (SSSR count). The number of halogens is 1. The summed E-state index contributed by atoms with van der Waals surface area (Å²) in [5.41, 5.74) is 0.676. The van der Waals surface area contributed by atoms with Gasteiger partial charge in [0, 0.05) is 16.2 Å². The van der Waals surface area contributed by atoms with Crippen LogP contribution < -0.4 is 0 Å². The van der Waals surface area contributed by atoms with Crippen molar-refractivity contribution in [3.05, 3.63) is 29.8 Å². The quantitative estimate of drug-likeness (QED) is 0.411. The number of thioether (sulfide) groups is 1. The average molecular weight is 198 g/mol. The molecular formula is C10H11FOS. The van der Waals surface area contributed by atoms with E-state index in [0.29, 0.717) is 12.0 Å². The zero-order chi connectivity index (χ0) is 9.52. The Bertz CT molecular complexity index is 258. The number of carbonyl (C=O) groups excluding carboxylic acids is 1. The van der Waals surface area contributed by atoms with Gasteiger partial charge in [-0.3, -0.25) is 9.18 Å². The summed E-state index contributed by atoms with van der Waals surface area (Å²) in [7, 11) is 0. The van der Waals surface area contributed by atoms with E-state index in [2.05, 4.69) is 0 Å². The Morgan fingerprint density at radius 1 is 1.31 bits per heavy atom. The molecule has 70 valence electrons. The molecule has 1 nitrogen and oxygen atoms in total. The predicted molar refractivity (Wildman–Crippen MR) is 53.1 cm³/mol. The molecule has 0 amide bonds. The second-order valence-electron chi connectivity index (χ2n) is 2.58. The van der Waals surface area contributed by atoms with E-state index < -0.39 is 0 Å². The molecule has 0 unspecified atom stereocenters. The van der Waals surface area contributed by atoms with Gasteiger partial charge in [0.2, 0.25) is 0 Å². The van der Waals surface area contributed by atoms with Gasteiger partial charge in [-0.05, 0) is 18.6 Å². The molecule has 0 aliphatic carbocycles. The molecule has 3 heteroatoms. The minimum Gasteiger partial charge on any atom is -0.298 e. The van der Waals surface area contributed by atoms with Crippen molar-refractivity contribution in [3.63, 3.8) is 0 Å². The number of benzene rings is 1. The van der Waals surface area contributed by atoms with E-state index in [9.17, 15) is 9.18 Å². The second-order valence-corrected chi connectivity index (χ2v) is 3.75. The Morgan fingerprint density at radius 2 is 2.00 bits per heavy atom. The third-order valence-electron chi connectivity index (χ3n) is 1.56. The first kappa shape index (κ1) is 10.3. The summed E-state index contributed by atoms with van der Waals surface area (Å²) in [5.74, 6) is 0.789. The van der Waals surface area contributed by atoms with Crippen LogP contribution in [0.3, 0.4) is 0 Å². The van der Waals surface area contributed by atoms with Crippen molar-refractivity contribution in [2.45, 2.75) is 11.3 Å². The van der Waals surface area contributed by atoms with Gasteiger partial charge in [0.15, 0.2) is 0 Å². The molecule has 0 fully saturated rings. The fraction of sp³-hybridized carbons (Fsp3) is 0.300. The molecule has 1 aromatic carbocycles. The number of aldehydes is 1. The summed E-state index contributed by atoms with van der Waals surface area (Å²) < 4.78 is 11.8. The average Bonchev–Trinajstić information content (AvgIpc) is 2.19. The third kappa shape index (κ3) is 3.59. The van der Waals surface area contributed by atoms with Gasteiger partial charge in [0.25, 0.3) is 0 Å². The maximum Gasteiger partial charge on any atom is 0.150 e. The molecule has 0 aromatic heterocycles. The molecule has 0 aliphatic rings. The molecule has 0 saturated heterocycles. The Balaban J connectivity index is 2.44. The summed E-state index contributed by atoms with van der Waals surface area (Å²) in [6, 6.07) is 7.30. The highest BCUT2D eigenvalue weighted by molar-refractivity contribution is 7.99. The summed E-state index contributed by atoms with van der Waals surface area (Å²) in [5, 5.41) is 0. The highest BCUT2D eigenvalue weighted by Gasteiger charge is 1.94. The van der Waals surface area contributed by atoms with Gasteiger partial charge < -0.3 is 0 Å². The fourth-order valence-electron chi connectivity index (χ4n) is 0.887. The van der Waals surface area contributed by atoms with Crippen LogP contribution in [0.1, 0.15) is 16.8 Å². The van der Waals surface area contributed by atoms with Crippen molar-refractivity contribution in [2.75, 3.05) is 12.4 Å². The van der Waals surface area contributed by atoms with Gasteiger partial charge in [0.1, 0.15) is 6.29 Å². The molecule has 0 aliphatic heterocycles. The van der Waals surface area contributed by atoms with Crippen LogP contribution in [0.4, 0.5) is 4.39 Å². The molecular weight excluding hydrogens is 187 g/mol. The van der Waals surface area contributed by atoms with Gasteiger partial charge in [-0.1, -0.05) is 12.1 Å². The van der Waals surface area contributed by atoms with Crippen molar-refractivity contribution in [3.8, 4) is 0 Å². The Kier molecular flexibility index (Phi) is 4.54. The lowest BCUT2D eigenvalue weighted by Gasteiger charge is -1.99. The van der Waals surface area contributed by atoms with Crippen molar-refractivity contribution in [1.29, 1.82) is 0 Å². The molecule has 13 heavy (non-hydrogen) atoms. The van der Waals surface area contributed by atoms with E-state index in [4.69, 9.17) is 0 Å². The van der Waals surface area contributed by atoms with Crippen LogP contribution in [0.25, 0.3) is 0 Å². The lowest BCUT2D eigenvalue weighted by Crippen LogP contribution is -1.82. The summed E-state index contributed by atoms with van der Waals surface area (Å²) >= 11 is 1.61. The van der Waals surface area contributed by atoms with E-state index in [1.165, 1.54) is 0 Å². The van der Waals surface area contributed by atoms with Crippen LogP contribution in [-0.4, -0.2) is 18.7 Å². The highest BCUT2D eigenvalue weighted by atomic mass is 32.2. The first-order valence-corrected chi connectivity index (χ1v) is 5.09. The van der Waals surface area contributed by atoms with Crippen molar-refractivity contribution >= 4 is 18.0 Å². The molecule has 0 bridgehead atoms. The lowest BCUT2D eigenvalue weighted by molar-refractivity contribution is 0.112. The van der Waals surface area contributed by atoms with E-state index in [1.807, 2.05) is 12.1 Å². The summed E-state index contributed by atoms with van der Waals surface area (Å²) in [4.78, 5) is 11.4. The topological polar surface area (TPSA) is 17.1 Å². The minimum absolute atomic E-state index is 0.264. The summed E-state index contributed by atoms with van der Waals surface area (Å²) in [6.07, 6.45) is 1.40. The van der Waals surface area contributed by atoms with Crippen LogP contribution in [0.15, 0.2) is 29.2 Å². The molecule has 0 heterocycles. The first-order chi connectivity index (χ1) is 6.36. The van der Waals surface area contributed by atoms with Gasteiger partial charge in [0.05, 0.1) is 6.67 Å². The minimum atomic E-state index is -0.264. The lowest BCUT2D eigenvalue weighted by atomic mass is 10.2. The van der Waals surface area contributed by atoms with Gasteiger partial charge in [-0.15, -0.1) is 11.8 Å². The zero-order valence-electron chi connectivity index (χ0n) is 7.20. The van der Waals surface area contributed by atoms with Crippen LogP contribution in [0, 0.1) is 0 Å². The Hall–Kier alpha value is -0.830. The number of rotatable bonds is 5. The molecule has 1 aromatic rings. The zero-order valence-corrected chi connectivity index (χ0v) is 8.02. The molecule has 0 radical (unpaired) electrons. The van der Waals surface area contributed by atoms with E-state index in [0.717, 1.165) is 16.9 Å². The highest BCUT2D eigenvalue weighted by Crippen LogP contribution is 2.18. The summed E-state index contributed by atoms with van der Waals surface area (Å²) in [6.45, 7) is -0.264. The monoisotopic (exact) mass is 198 g/mol. The molecule has 0 spiro atoms. The van der Waals surface area contributed by atoms with Crippen LogP contribution in [0.5, 0.6) is 0 Å².